The number of fused-ring (bicyclic) bond motifs is 3. The zero-order chi connectivity index (χ0) is 20.6. The highest BCUT2D eigenvalue weighted by Crippen LogP contribution is 2.37. The summed E-state index contributed by atoms with van der Waals surface area (Å²) in [6.07, 6.45) is -4.24. The van der Waals surface area contributed by atoms with Crippen LogP contribution >= 0.6 is 27.5 Å². The van der Waals surface area contributed by atoms with Gasteiger partial charge in [0.2, 0.25) is 5.91 Å². The number of nitrogens with one attached hydrogen (secondary N) is 1. The Labute approximate surface area is 171 Å². The molecule has 2 aromatic rings. The number of nitrogens with zero attached hydrogens (tertiary/aromatic N) is 2. The molecule has 1 amide bonds. The Morgan fingerprint density at radius 1 is 1.50 bits per heavy atom. The second kappa shape index (κ2) is 7.90. The van der Waals surface area contributed by atoms with E-state index < -0.39 is 30.5 Å². The third kappa shape index (κ3) is 4.27. The largest absolute Gasteiger partial charge is 0.469 e. The van der Waals surface area contributed by atoms with Crippen molar-refractivity contribution in [2.75, 3.05) is 13.7 Å². The Balaban J connectivity index is 2.09. The normalized spacial score (nSPS) is 18.0. The van der Waals surface area contributed by atoms with Crippen molar-refractivity contribution in [1.82, 2.24) is 15.1 Å². The Hall–Kier alpha value is -1.81. The van der Waals surface area contributed by atoms with E-state index >= 15 is 0 Å². The fraction of sp³-hybridized carbons (Fsp3) is 0.471. The third-order valence-corrected chi connectivity index (χ3v) is 5.60. The Morgan fingerprint density at radius 3 is 2.86 bits per heavy atom. The maximum Gasteiger partial charge on any atom is 0.406 e. The molecule has 1 aliphatic rings. The number of carbonyl (C=O) groups is 2. The maximum absolute atomic E-state index is 13.1. The number of carbonyl (C=O) groups excluding carboxylic acids is 2. The number of aromatic nitrogens is 2. The number of hydrogen-bond donors (Lipinski definition) is 1. The molecule has 0 saturated heterocycles. The summed E-state index contributed by atoms with van der Waals surface area (Å²) in [6.45, 7) is -1.70. The van der Waals surface area contributed by atoms with Gasteiger partial charge in [-0.1, -0.05) is 11.6 Å². The molecule has 152 valence electrons. The molecular formula is C17H16BrClF3N3O3. The van der Waals surface area contributed by atoms with Gasteiger partial charge in [0.25, 0.3) is 0 Å². The first-order chi connectivity index (χ1) is 13.1. The number of ether oxygens (including phenoxy) is 1. The van der Waals surface area contributed by atoms with E-state index in [1.54, 1.807) is 6.07 Å². The van der Waals surface area contributed by atoms with Gasteiger partial charge in [-0.05, 0) is 46.0 Å². The average molecular weight is 483 g/mol. The molecule has 6 nitrogen and oxygen atoms in total. The lowest BCUT2D eigenvalue weighted by Crippen LogP contribution is -2.43. The van der Waals surface area contributed by atoms with Crippen molar-refractivity contribution < 1.29 is 27.5 Å². The van der Waals surface area contributed by atoms with E-state index in [1.165, 1.54) is 7.11 Å². The lowest BCUT2D eigenvalue weighted by atomic mass is 9.89. The van der Waals surface area contributed by atoms with E-state index in [0.29, 0.717) is 27.4 Å². The van der Waals surface area contributed by atoms with Crippen LogP contribution in [-0.4, -0.2) is 46.8 Å². The highest BCUT2D eigenvalue weighted by atomic mass is 79.9. The van der Waals surface area contributed by atoms with Gasteiger partial charge in [-0.3, -0.25) is 14.7 Å². The fourth-order valence-corrected chi connectivity index (χ4v) is 4.25. The number of benzene rings is 1. The smallest absolute Gasteiger partial charge is 0.406 e. The number of amides is 1. The minimum atomic E-state index is -4.58. The lowest BCUT2D eigenvalue weighted by Gasteiger charge is -2.31. The topological polar surface area (TPSA) is 75.3 Å². The summed E-state index contributed by atoms with van der Waals surface area (Å²) in [4.78, 5) is 25.2. The summed E-state index contributed by atoms with van der Waals surface area (Å²) in [5.74, 6) is -2.26. The number of alkyl halides is 3. The summed E-state index contributed by atoms with van der Waals surface area (Å²) >= 11 is 9.58. The van der Waals surface area contributed by atoms with Gasteiger partial charge in [-0.15, -0.1) is 0 Å². The number of aryl methyl sites for hydroxylation is 1. The van der Waals surface area contributed by atoms with Crippen LogP contribution in [0.15, 0.2) is 10.5 Å². The molecule has 0 radical (unpaired) electrons. The van der Waals surface area contributed by atoms with Gasteiger partial charge < -0.3 is 9.64 Å². The van der Waals surface area contributed by atoms with Gasteiger partial charge in [0.1, 0.15) is 17.2 Å². The number of methoxy groups -OCH3 is 1. The second-order valence-electron chi connectivity index (χ2n) is 6.58. The Bertz CT molecular complexity index is 932. The van der Waals surface area contributed by atoms with E-state index in [0.717, 1.165) is 10.5 Å². The van der Waals surface area contributed by atoms with Crippen LogP contribution in [0.5, 0.6) is 0 Å². The summed E-state index contributed by atoms with van der Waals surface area (Å²) < 4.78 is 44.7. The molecule has 1 N–H and O–H groups in total. The number of rotatable bonds is 3. The van der Waals surface area contributed by atoms with Crippen LogP contribution in [0.3, 0.4) is 0 Å². The second-order valence-corrected chi connectivity index (χ2v) is 7.81. The van der Waals surface area contributed by atoms with Crippen molar-refractivity contribution in [1.29, 1.82) is 0 Å². The fourth-order valence-electron chi connectivity index (χ4n) is 3.45. The van der Waals surface area contributed by atoms with E-state index in [2.05, 4.69) is 30.9 Å². The predicted molar refractivity (Wildman–Crippen MR) is 98.7 cm³/mol. The predicted octanol–water partition coefficient (Wildman–Crippen LogP) is 4.00. The first-order valence-corrected chi connectivity index (χ1v) is 9.54. The Kier molecular flexibility index (Phi) is 5.90. The molecule has 1 aliphatic heterocycles. The molecule has 11 heteroatoms. The molecule has 0 unspecified atom stereocenters. The monoisotopic (exact) mass is 481 g/mol. The van der Waals surface area contributed by atoms with Gasteiger partial charge in [-0.25, -0.2) is 0 Å². The van der Waals surface area contributed by atoms with E-state index in [4.69, 9.17) is 11.6 Å². The van der Waals surface area contributed by atoms with Crippen molar-refractivity contribution >= 4 is 50.3 Å². The van der Waals surface area contributed by atoms with Gasteiger partial charge in [-0.2, -0.15) is 18.3 Å². The van der Waals surface area contributed by atoms with Crippen LogP contribution < -0.4 is 0 Å². The highest BCUT2D eigenvalue weighted by molar-refractivity contribution is 9.10. The first-order valence-electron chi connectivity index (χ1n) is 8.37. The molecule has 0 fully saturated rings. The van der Waals surface area contributed by atoms with E-state index in [-0.39, 0.29) is 24.5 Å². The third-order valence-electron chi connectivity index (χ3n) is 4.72. The van der Waals surface area contributed by atoms with Crippen molar-refractivity contribution in [3.05, 3.63) is 26.8 Å². The minimum Gasteiger partial charge on any atom is -0.469 e. The molecule has 28 heavy (non-hydrogen) atoms. The van der Waals surface area contributed by atoms with Crippen LogP contribution in [0.4, 0.5) is 13.2 Å². The number of halogens is 5. The number of aromatic amines is 1. The molecular weight excluding hydrogens is 467 g/mol. The zero-order valence-electron chi connectivity index (χ0n) is 14.7. The van der Waals surface area contributed by atoms with Gasteiger partial charge in [0.05, 0.1) is 13.5 Å². The molecule has 2 heterocycles. The molecule has 1 aromatic carbocycles. The van der Waals surface area contributed by atoms with E-state index in [9.17, 15) is 22.8 Å². The van der Waals surface area contributed by atoms with Crippen molar-refractivity contribution in [2.24, 2.45) is 5.92 Å². The standard InChI is InChI=1S/C17H16BrClF3N3O3/c1-28-12(26)5-9-3-2-8-4-11(18)14-13(15(19)24-23-14)10(8)6-25(16(9)27)7-17(20,21)22/h4,9H,2-3,5-7H2,1H3,(H,23,24)/t9-/m0/s1. The van der Waals surface area contributed by atoms with Gasteiger partial charge in [0.15, 0.2) is 0 Å². The quantitative estimate of drug-likeness (QED) is 0.671. The van der Waals surface area contributed by atoms with Crippen LogP contribution in [-0.2, 0) is 27.3 Å². The summed E-state index contributed by atoms with van der Waals surface area (Å²) in [5.41, 5.74) is 1.75. The molecule has 0 bridgehead atoms. The number of esters is 1. The van der Waals surface area contributed by atoms with Crippen LogP contribution in [0.1, 0.15) is 24.0 Å². The van der Waals surface area contributed by atoms with Crippen molar-refractivity contribution in [3.8, 4) is 0 Å². The van der Waals surface area contributed by atoms with Crippen LogP contribution in [0.2, 0.25) is 5.15 Å². The SMILES string of the molecule is COC(=O)C[C@@H]1CCc2cc(Br)c3n[nH]c(Cl)c3c2CN(CC(F)(F)F)C1=O. The molecule has 3 rings (SSSR count). The van der Waals surface area contributed by atoms with Crippen LogP contribution in [0, 0.1) is 5.92 Å². The number of H-pyrrole nitrogens is 1. The molecule has 0 aliphatic carbocycles. The minimum absolute atomic E-state index is 0.193. The molecule has 0 spiro atoms. The van der Waals surface area contributed by atoms with Gasteiger partial charge >= 0.3 is 12.1 Å². The molecule has 1 aromatic heterocycles. The van der Waals surface area contributed by atoms with Crippen molar-refractivity contribution in [2.45, 2.75) is 32.0 Å². The summed E-state index contributed by atoms with van der Waals surface area (Å²) in [7, 11) is 1.17. The zero-order valence-corrected chi connectivity index (χ0v) is 17.0. The molecule has 0 saturated carbocycles. The summed E-state index contributed by atoms with van der Waals surface area (Å²) in [5, 5.41) is 7.37. The Morgan fingerprint density at radius 2 is 2.21 bits per heavy atom. The molecule has 1 atom stereocenters. The lowest BCUT2D eigenvalue weighted by molar-refractivity contribution is -0.166. The highest BCUT2D eigenvalue weighted by Gasteiger charge is 2.38. The average Bonchev–Trinajstić information content (AvgIpc) is 3.00. The first kappa shape index (κ1) is 20.9. The summed E-state index contributed by atoms with van der Waals surface area (Å²) in [6, 6.07) is 1.77. The number of hydrogen-bond acceptors (Lipinski definition) is 4. The van der Waals surface area contributed by atoms with Gasteiger partial charge in [0, 0.05) is 22.3 Å². The maximum atomic E-state index is 13.1. The van der Waals surface area contributed by atoms with Crippen LogP contribution in [0.25, 0.3) is 10.9 Å². The van der Waals surface area contributed by atoms with E-state index in [1.807, 2.05) is 0 Å². The van der Waals surface area contributed by atoms with Crippen molar-refractivity contribution in [3.63, 3.8) is 0 Å².